The molecule has 6 heavy (non-hydrogen) atoms. The van der Waals surface area contributed by atoms with Gasteiger partial charge in [-0.05, 0) is 0 Å². The lowest BCUT2D eigenvalue weighted by Crippen LogP contribution is -1.76. The predicted molar refractivity (Wildman–Crippen MR) is 38.8 cm³/mol. The molecule has 0 aliphatic heterocycles. The third-order valence-corrected chi connectivity index (χ3v) is 1.73. The van der Waals surface area contributed by atoms with Crippen LogP contribution in [-0.2, 0) is 0 Å². The minimum atomic E-state index is 0. The van der Waals surface area contributed by atoms with Crippen molar-refractivity contribution >= 4 is 32.6 Å². The van der Waals surface area contributed by atoms with Gasteiger partial charge in [0, 0.05) is 1.43 Å². The molecule has 0 amide bonds. The van der Waals surface area contributed by atoms with E-state index in [1.54, 1.807) is 0 Å². The second-order valence-electron chi connectivity index (χ2n) is 1.11. The standard InChI is InChI=1S/2C2H5.2Al.H2.3H/c2*1-2;;;;;;/h2*1H2,2H3;;;1H;;;. The van der Waals surface area contributed by atoms with Gasteiger partial charge in [0.05, 0.1) is 0 Å². The van der Waals surface area contributed by atoms with Gasteiger partial charge in [0.15, 0.2) is 32.6 Å². The maximum absolute atomic E-state index is 2.25. The van der Waals surface area contributed by atoms with Gasteiger partial charge in [0.2, 0.25) is 0 Å². The Labute approximate surface area is 58.6 Å². The summed E-state index contributed by atoms with van der Waals surface area (Å²) in [6.45, 7) is 4.50. The molecule has 0 unspecified atom stereocenters. The lowest BCUT2D eigenvalue weighted by Gasteiger charge is -1.74. The fourth-order valence-electron chi connectivity index (χ4n) is 0.289. The van der Waals surface area contributed by atoms with Crippen molar-refractivity contribution in [2.45, 2.75) is 24.4 Å². The van der Waals surface area contributed by atoms with Crippen molar-refractivity contribution in [3.8, 4) is 0 Å². The van der Waals surface area contributed by atoms with Crippen LogP contribution in [0.2, 0.25) is 10.6 Å². The fraction of sp³-hybridized carbons (Fsp3) is 1.00. The Balaban J connectivity index is -0.0000000800. The van der Waals surface area contributed by atoms with E-state index in [4.69, 9.17) is 0 Å². The van der Waals surface area contributed by atoms with Crippen molar-refractivity contribution in [1.82, 2.24) is 0 Å². The second-order valence-corrected chi connectivity index (χ2v) is 3.32. The zero-order chi connectivity index (χ0) is 4.12. The van der Waals surface area contributed by atoms with Gasteiger partial charge in [0.1, 0.15) is 0 Å². The van der Waals surface area contributed by atoms with Crippen LogP contribution >= 0.6 is 0 Å². The molecule has 0 N–H and O–H groups in total. The van der Waals surface area contributed by atoms with E-state index >= 15 is 0 Å². The molecule has 0 fully saturated rings. The van der Waals surface area contributed by atoms with E-state index in [0.29, 0.717) is 0 Å². The van der Waals surface area contributed by atoms with Gasteiger partial charge in [-0.25, -0.2) is 0 Å². The Morgan fingerprint density at radius 2 is 1.67 bits per heavy atom. The Hall–Kier alpha value is 1.06. The minimum Gasteiger partial charge on any atom is -0.106 e. The molecular weight excluding hydrogens is 102 g/mol. The summed E-state index contributed by atoms with van der Waals surface area (Å²) in [5.74, 6) is 0. The van der Waals surface area contributed by atoms with Gasteiger partial charge in [-0.3, -0.25) is 0 Å². The zero-order valence-corrected chi connectivity index (χ0v) is 5.15. The lowest BCUT2D eigenvalue weighted by atomic mass is 10.9. The average Bonchev–Trinajstić information content (AvgIpc) is 1.41. The monoisotopic (exact) mass is 117 g/mol. The molecule has 0 spiro atoms. The third kappa shape index (κ3) is 8.91. The van der Waals surface area contributed by atoms with Crippen LogP contribution in [0.25, 0.3) is 0 Å². The first-order chi connectivity index (χ1) is 2.41. The summed E-state index contributed by atoms with van der Waals surface area (Å²) >= 11 is 0.815. The Morgan fingerprint density at radius 3 is 1.67 bits per heavy atom. The molecule has 2 heteroatoms. The number of rotatable bonds is 2. The van der Waals surface area contributed by atoms with E-state index < -0.39 is 0 Å². The van der Waals surface area contributed by atoms with Gasteiger partial charge in [-0.1, -0.05) is 13.8 Å². The number of hydrogen-bond acceptors (Lipinski definition) is 0. The van der Waals surface area contributed by atoms with Crippen molar-refractivity contribution < 1.29 is 1.43 Å². The highest BCUT2D eigenvalue weighted by Gasteiger charge is 1.74. The summed E-state index contributed by atoms with van der Waals surface area (Å²) in [6, 6.07) is 0. The van der Waals surface area contributed by atoms with Crippen molar-refractivity contribution in [3.05, 3.63) is 0 Å². The summed E-state index contributed by atoms with van der Waals surface area (Å²) in [5, 5.41) is 2.85. The molecule has 0 aromatic heterocycles. The van der Waals surface area contributed by atoms with E-state index in [9.17, 15) is 0 Å². The van der Waals surface area contributed by atoms with Crippen LogP contribution in [-0.4, -0.2) is 32.6 Å². The highest BCUT2D eigenvalue weighted by Crippen LogP contribution is 1.77. The molecule has 0 aliphatic carbocycles. The third-order valence-electron chi connectivity index (χ3n) is 0.577. The molecule has 0 heterocycles. The van der Waals surface area contributed by atoms with Crippen LogP contribution in [0.5, 0.6) is 0 Å². The van der Waals surface area contributed by atoms with Crippen molar-refractivity contribution in [2.75, 3.05) is 0 Å². The molecule has 0 bridgehead atoms. The van der Waals surface area contributed by atoms with Crippen LogP contribution in [0.1, 0.15) is 15.3 Å². The molecule has 0 atom stereocenters. The smallest absolute Gasteiger partial charge is 0.106 e. The highest BCUT2D eigenvalue weighted by molar-refractivity contribution is 6.34. The molecule has 0 aromatic carbocycles. The van der Waals surface area contributed by atoms with Crippen molar-refractivity contribution in [3.63, 3.8) is 0 Å². The van der Waals surface area contributed by atoms with Gasteiger partial charge >= 0.3 is 0 Å². The molecule has 0 nitrogen and oxygen atoms in total. The summed E-state index contributed by atoms with van der Waals surface area (Å²) in [7, 11) is 0. The Bertz CT molecular complexity index is 17.2. The van der Waals surface area contributed by atoms with E-state index in [1.807, 2.05) is 0 Å². The SMILES string of the molecule is C[CH2][Al][CH2]C.[AlH3].[HH]. The first-order valence-corrected chi connectivity index (χ1v) is 3.86. The summed E-state index contributed by atoms with van der Waals surface area (Å²) < 4.78 is 0. The van der Waals surface area contributed by atoms with Crippen LogP contribution in [0.4, 0.5) is 0 Å². The maximum atomic E-state index is 2.25. The van der Waals surface area contributed by atoms with Gasteiger partial charge in [-0.15, -0.1) is 10.6 Å². The molecule has 0 rings (SSSR count). The molecule has 0 aromatic rings. The average molecular weight is 117 g/mol. The molecule has 37 valence electrons. The summed E-state index contributed by atoms with van der Waals surface area (Å²) in [5.41, 5.74) is 0. The van der Waals surface area contributed by atoms with E-state index in [0.717, 1.165) is 15.2 Å². The normalized spacial score (nSPS) is 6.33. The van der Waals surface area contributed by atoms with Crippen LogP contribution in [0.15, 0.2) is 0 Å². The Morgan fingerprint density at radius 1 is 1.33 bits per heavy atom. The molecule has 0 saturated heterocycles. The van der Waals surface area contributed by atoms with Crippen LogP contribution in [0.3, 0.4) is 0 Å². The van der Waals surface area contributed by atoms with Crippen LogP contribution < -0.4 is 0 Å². The fourth-order valence-corrected chi connectivity index (χ4v) is 0.866. The quantitative estimate of drug-likeness (QED) is 0.465. The van der Waals surface area contributed by atoms with Gasteiger partial charge in [-0.2, -0.15) is 0 Å². The predicted octanol–water partition coefficient (Wildman–Crippen LogP) is 0.629. The lowest BCUT2D eigenvalue weighted by molar-refractivity contribution is 1.36. The van der Waals surface area contributed by atoms with E-state index in [-0.39, 0.29) is 18.8 Å². The van der Waals surface area contributed by atoms with Gasteiger partial charge < -0.3 is 0 Å². The first-order valence-electron chi connectivity index (χ1n) is 2.23. The minimum absolute atomic E-state index is 0. The topological polar surface area (TPSA) is 0 Å². The van der Waals surface area contributed by atoms with E-state index in [1.165, 1.54) is 10.6 Å². The summed E-state index contributed by atoms with van der Waals surface area (Å²) in [6.07, 6.45) is 0. The highest BCUT2D eigenvalue weighted by atomic mass is 27.1. The van der Waals surface area contributed by atoms with E-state index in [2.05, 4.69) is 13.8 Å². The molecule has 0 saturated carbocycles. The summed E-state index contributed by atoms with van der Waals surface area (Å²) in [4.78, 5) is 0. The molecule has 1 radical (unpaired) electrons. The largest absolute Gasteiger partial charge is 0.198 e. The second kappa shape index (κ2) is 9.42. The van der Waals surface area contributed by atoms with Crippen LogP contribution in [0, 0.1) is 0 Å². The molecular formula is C4H15Al2. The zero-order valence-electron chi connectivity index (χ0n) is 3.99. The Kier molecular flexibility index (Phi) is 15.9. The molecule has 0 aliphatic rings. The number of hydrogen-bond donors (Lipinski definition) is 0. The van der Waals surface area contributed by atoms with Crippen molar-refractivity contribution in [1.29, 1.82) is 0 Å². The first kappa shape index (κ1) is 10.1. The van der Waals surface area contributed by atoms with Crippen molar-refractivity contribution in [2.24, 2.45) is 0 Å². The van der Waals surface area contributed by atoms with Gasteiger partial charge in [0.25, 0.3) is 0 Å². The maximum Gasteiger partial charge on any atom is 0.198 e.